The molecule has 0 bridgehead atoms. The van der Waals surface area contributed by atoms with Crippen LogP contribution in [0.15, 0.2) is 18.2 Å². The van der Waals surface area contributed by atoms with Crippen molar-refractivity contribution in [3.63, 3.8) is 0 Å². The fourth-order valence-corrected chi connectivity index (χ4v) is 3.78. The highest BCUT2D eigenvalue weighted by molar-refractivity contribution is 6.32. The van der Waals surface area contributed by atoms with Crippen molar-refractivity contribution >= 4 is 11.6 Å². The molecule has 3 rings (SSSR count). The van der Waals surface area contributed by atoms with Crippen molar-refractivity contribution in [2.45, 2.75) is 50.0 Å². The Balaban J connectivity index is 1.79. The summed E-state index contributed by atoms with van der Waals surface area (Å²) < 4.78 is 11.3. The molecule has 1 aromatic rings. The average molecular weight is 310 g/mol. The molecule has 21 heavy (non-hydrogen) atoms. The Morgan fingerprint density at radius 2 is 2.10 bits per heavy atom. The van der Waals surface area contributed by atoms with Gasteiger partial charge in [0.15, 0.2) is 0 Å². The van der Waals surface area contributed by atoms with E-state index in [0.717, 1.165) is 31.6 Å². The zero-order chi connectivity index (χ0) is 14.7. The molecule has 1 aliphatic carbocycles. The van der Waals surface area contributed by atoms with Crippen molar-refractivity contribution in [2.75, 3.05) is 19.8 Å². The van der Waals surface area contributed by atoms with Crippen LogP contribution in [0.25, 0.3) is 0 Å². The lowest BCUT2D eigenvalue weighted by atomic mass is 9.69. The first-order chi connectivity index (χ1) is 10.2. The van der Waals surface area contributed by atoms with Crippen LogP contribution >= 0.6 is 11.6 Å². The summed E-state index contributed by atoms with van der Waals surface area (Å²) in [6, 6.07) is 6.21. The normalized spacial score (nSPS) is 25.0. The van der Waals surface area contributed by atoms with Crippen LogP contribution in [0.2, 0.25) is 5.02 Å². The molecule has 116 valence electrons. The summed E-state index contributed by atoms with van der Waals surface area (Å²) in [5.74, 6) is 0.763. The fourth-order valence-electron chi connectivity index (χ4n) is 3.55. The van der Waals surface area contributed by atoms with Crippen molar-refractivity contribution in [1.82, 2.24) is 0 Å². The molecular weight excluding hydrogens is 286 g/mol. The largest absolute Gasteiger partial charge is 0.486 e. The second-order valence-electron chi connectivity index (χ2n) is 6.29. The van der Waals surface area contributed by atoms with Crippen LogP contribution in [0.3, 0.4) is 0 Å². The second-order valence-corrected chi connectivity index (χ2v) is 6.70. The van der Waals surface area contributed by atoms with Gasteiger partial charge in [-0.3, -0.25) is 0 Å². The van der Waals surface area contributed by atoms with Crippen molar-refractivity contribution < 1.29 is 9.47 Å². The van der Waals surface area contributed by atoms with E-state index in [1.54, 1.807) is 0 Å². The Morgan fingerprint density at radius 1 is 1.29 bits per heavy atom. The monoisotopic (exact) mass is 309 g/mol. The van der Waals surface area contributed by atoms with Crippen molar-refractivity contribution in [3.05, 3.63) is 28.8 Å². The molecule has 1 aliphatic heterocycles. The number of nitrogens with two attached hydrogens (primary N) is 1. The number of hydrogen-bond donors (Lipinski definition) is 1. The molecular formula is C17H24ClNO2. The summed E-state index contributed by atoms with van der Waals surface area (Å²) in [5.41, 5.74) is 7.48. The van der Waals surface area contributed by atoms with E-state index in [0.29, 0.717) is 18.2 Å². The third-order valence-electron chi connectivity index (χ3n) is 4.93. The van der Waals surface area contributed by atoms with E-state index in [4.69, 9.17) is 26.8 Å². The minimum absolute atomic E-state index is 0.108. The lowest BCUT2D eigenvalue weighted by Gasteiger charge is -2.37. The van der Waals surface area contributed by atoms with Crippen molar-refractivity contribution in [3.8, 4) is 5.75 Å². The van der Waals surface area contributed by atoms with Gasteiger partial charge < -0.3 is 15.2 Å². The molecule has 0 aromatic heterocycles. The zero-order valence-corrected chi connectivity index (χ0v) is 13.2. The Bertz CT molecular complexity index is 480. The van der Waals surface area contributed by atoms with Gasteiger partial charge in [-0.15, -0.1) is 0 Å². The van der Waals surface area contributed by atoms with Gasteiger partial charge >= 0.3 is 0 Å². The number of benzene rings is 1. The average Bonchev–Trinajstić information content (AvgIpc) is 3.03. The van der Waals surface area contributed by atoms with Crippen molar-refractivity contribution in [2.24, 2.45) is 5.73 Å². The lowest BCUT2D eigenvalue weighted by molar-refractivity contribution is 0.141. The molecule has 2 N–H and O–H groups in total. The third kappa shape index (κ3) is 3.20. The van der Waals surface area contributed by atoms with Crippen LogP contribution in [0.4, 0.5) is 0 Å². The van der Waals surface area contributed by atoms with Gasteiger partial charge in [0.25, 0.3) is 0 Å². The molecule has 4 heteroatoms. The van der Waals surface area contributed by atoms with Gasteiger partial charge in [0.05, 0.1) is 18.2 Å². The molecule has 1 saturated carbocycles. The molecule has 0 amide bonds. The summed E-state index contributed by atoms with van der Waals surface area (Å²) in [6.07, 6.45) is 7.22. The Morgan fingerprint density at radius 3 is 2.71 bits per heavy atom. The van der Waals surface area contributed by atoms with E-state index in [9.17, 15) is 0 Å². The lowest BCUT2D eigenvalue weighted by Crippen LogP contribution is -2.37. The zero-order valence-electron chi connectivity index (χ0n) is 12.4. The van der Waals surface area contributed by atoms with E-state index < -0.39 is 0 Å². The van der Waals surface area contributed by atoms with Crippen LogP contribution in [-0.2, 0) is 10.2 Å². The Hall–Kier alpha value is -0.770. The Labute approximate surface area is 131 Å². The van der Waals surface area contributed by atoms with Gasteiger partial charge in [0, 0.05) is 18.4 Å². The van der Waals surface area contributed by atoms with Crippen LogP contribution < -0.4 is 10.5 Å². The van der Waals surface area contributed by atoms with Gasteiger partial charge in [-0.2, -0.15) is 0 Å². The van der Waals surface area contributed by atoms with Crippen molar-refractivity contribution in [1.29, 1.82) is 0 Å². The van der Waals surface area contributed by atoms with Gasteiger partial charge in [-0.05, 0) is 30.5 Å². The quantitative estimate of drug-likeness (QED) is 0.923. The summed E-state index contributed by atoms with van der Waals surface area (Å²) in [5, 5.41) is 0.692. The van der Waals surface area contributed by atoms with E-state index in [1.165, 1.54) is 24.8 Å². The van der Waals surface area contributed by atoms with E-state index in [1.807, 2.05) is 6.07 Å². The number of rotatable bonds is 4. The maximum atomic E-state index is 6.44. The standard InChI is InChI=1S/C17H24ClNO2/c18-15-10-13(17(12-19)7-2-1-3-8-17)4-5-16(15)21-14-6-9-20-11-14/h4-5,10,14H,1-3,6-9,11-12,19H2. The summed E-state index contributed by atoms with van der Waals surface area (Å²) in [4.78, 5) is 0. The maximum absolute atomic E-state index is 6.44. The van der Waals surface area contributed by atoms with E-state index >= 15 is 0 Å². The molecule has 2 fully saturated rings. The minimum atomic E-state index is 0.108. The highest BCUT2D eigenvalue weighted by Gasteiger charge is 2.33. The topological polar surface area (TPSA) is 44.5 Å². The van der Waals surface area contributed by atoms with Crippen LogP contribution in [0.5, 0.6) is 5.75 Å². The first-order valence-electron chi connectivity index (χ1n) is 7.98. The molecule has 0 spiro atoms. The fraction of sp³-hybridized carbons (Fsp3) is 0.647. The highest BCUT2D eigenvalue weighted by atomic mass is 35.5. The Kier molecular flexibility index (Phi) is 4.72. The third-order valence-corrected chi connectivity index (χ3v) is 5.22. The summed E-state index contributed by atoms with van der Waals surface area (Å²) in [7, 11) is 0. The van der Waals surface area contributed by atoms with Crippen LogP contribution in [0.1, 0.15) is 44.1 Å². The molecule has 1 heterocycles. The molecule has 2 aliphatic rings. The highest BCUT2D eigenvalue weighted by Crippen LogP contribution is 2.41. The smallest absolute Gasteiger partial charge is 0.138 e. The van der Waals surface area contributed by atoms with E-state index in [-0.39, 0.29) is 11.5 Å². The molecule has 1 atom stereocenters. The predicted molar refractivity (Wildman–Crippen MR) is 85.1 cm³/mol. The molecule has 0 radical (unpaired) electrons. The molecule has 3 nitrogen and oxygen atoms in total. The minimum Gasteiger partial charge on any atom is -0.486 e. The summed E-state index contributed by atoms with van der Waals surface area (Å²) in [6.45, 7) is 2.13. The molecule has 1 saturated heterocycles. The van der Waals surface area contributed by atoms with Gasteiger partial charge in [-0.25, -0.2) is 0 Å². The number of hydrogen-bond acceptors (Lipinski definition) is 3. The van der Waals surface area contributed by atoms with Gasteiger partial charge in [0.1, 0.15) is 11.9 Å². The predicted octanol–water partition coefficient (Wildman–Crippen LogP) is 3.67. The maximum Gasteiger partial charge on any atom is 0.138 e. The number of ether oxygens (including phenoxy) is 2. The number of halogens is 1. The first-order valence-corrected chi connectivity index (χ1v) is 8.36. The second kappa shape index (κ2) is 6.55. The first kappa shape index (κ1) is 15.1. The molecule has 1 unspecified atom stereocenters. The van der Waals surface area contributed by atoms with Crippen LogP contribution in [0, 0.1) is 0 Å². The SMILES string of the molecule is NCC1(c2ccc(OC3CCOC3)c(Cl)c2)CCCCC1. The van der Waals surface area contributed by atoms with Gasteiger partial charge in [0.2, 0.25) is 0 Å². The van der Waals surface area contributed by atoms with Gasteiger partial charge in [-0.1, -0.05) is 36.9 Å². The molecule has 1 aromatic carbocycles. The van der Waals surface area contributed by atoms with E-state index in [2.05, 4.69) is 12.1 Å². The summed E-state index contributed by atoms with van der Waals surface area (Å²) >= 11 is 6.44. The van der Waals surface area contributed by atoms with Crippen LogP contribution in [-0.4, -0.2) is 25.9 Å².